The van der Waals surface area contributed by atoms with E-state index < -0.39 is 0 Å². The van der Waals surface area contributed by atoms with Gasteiger partial charge in [-0.1, -0.05) is 90.8 Å². The topological polar surface area (TPSA) is 80.0 Å². The van der Waals surface area contributed by atoms with E-state index in [1.807, 2.05) is 68.4 Å². The first-order valence-electron chi connectivity index (χ1n) is 13.3. The van der Waals surface area contributed by atoms with Crippen molar-refractivity contribution in [2.45, 2.75) is 60.8 Å². The van der Waals surface area contributed by atoms with Gasteiger partial charge in [-0.3, -0.25) is 14.6 Å². The van der Waals surface area contributed by atoms with Crippen LogP contribution in [0.1, 0.15) is 75.9 Å². The highest BCUT2D eigenvalue weighted by Gasteiger charge is 2.25. The first-order chi connectivity index (χ1) is 18.2. The summed E-state index contributed by atoms with van der Waals surface area (Å²) in [4.78, 5) is 27.6. The average Bonchev–Trinajstić information content (AvgIpc) is 2.96. The lowest BCUT2D eigenvalue weighted by molar-refractivity contribution is -0.147. The SMILES string of the molecule is CC(C)C(=O)c1ccc(-c2ccncc2)cc1.CCC.CCC(C)[C@@H](Cc1cccc(C#N)c1)C(=O)OC. The second-order valence-corrected chi connectivity index (χ2v) is 9.57. The van der Waals surface area contributed by atoms with Crippen LogP contribution >= 0.6 is 0 Å². The number of benzene rings is 2. The van der Waals surface area contributed by atoms with Crippen LogP contribution in [0.25, 0.3) is 11.1 Å². The second kappa shape index (κ2) is 17.6. The zero-order valence-electron chi connectivity index (χ0n) is 23.9. The number of methoxy groups -OCH3 is 1. The fourth-order valence-corrected chi connectivity index (χ4v) is 3.68. The van der Waals surface area contributed by atoms with Crippen LogP contribution in [0.5, 0.6) is 0 Å². The number of aromatic nitrogens is 1. The molecule has 0 amide bonds. The quantitative estimate of drug-likeness (QED) is 0.225. The van der Waals surface area contributed by atoms with Crippen molar-refractivity contribution in [3.8, 4) is 17.2 Å². The van der Waals surface area contributed by atoms with Gasteiger partial charge in [0.1, 0.15) is 0 Å². The van der Waals surface area contributed by atoms with E-state index >= 15 is 0 Å². The Bertz CT molecular complexity index is 1150. The number of Topliss-reactive ketones (excluding diaryl/α,β-unsaturated/α-hetero) is 1. The summed E-state index contributed by atoms with van der Waals surface area (Å²) >= 11 is 0. The molecule has 0 saturated heterocycles. The van der Waals surface area contributed by atoms with Crippen LogP contribution in [-0.4, -0.2) is 23.8 Å². The van der Waals surface area contributed by atoms with E-state index in [1.54, 1.807) is 18.5 Å². The molecule has 202 valence electrons. The normalized spacial score (nSPS) is 11.6. The Morgan fingerprint density at radius 2 is 1.50 bits per heavy atom. The number of nitrogens with zero attached hydrogens (tertiary/aromatic N) is 2. The molecule has 0 fully saturated rings. The Labute approximate surface area is 228 Å². The summed E-state index contributed by atoms with van der Waals surface area (Å²) in [5, 5.41) is 8.87. The Kier molecular flexibility index (Phi) is 15.0. The fraction of sp³-hybridized carbons (Fsp3) is 0.394. The Balaban J connectivity index is 0.000000345. The molecular weight excluding hydrogens is 472 g/mol. The van der Waals surface area contributed by atoms with Crippen molar-refractivity contribution in [3.63, 3.8) is 0 Å². The maximum atomic E-state index is 11.8. The number of ether oxygens (including phenoxy) is 1. The number of nitriles is 1. The van der Waals surface area contributed by atoms with Crippen LogP contribution in [0.3, 0.4) is 0 Å². The van der Waals surface area contributed by atoms with E-state index in [9.17, 15) is 9.59 Å². The molecule has 0 aliphatic carbocycles. The van der Waals surface area contributed by atoms with Crippen molar-refractivity contribution < 1.29 is 14.3 Å². The van der Waals surface area contributed by atoms with Gasteiger partial charge in [0.05, 0.1) is 24.7 Å². The molecule has 0 radical (unpaired) electrons. The third-order valence-electron chi connectivity index (χ3n) is 6.05. The molecule has 5 heteroatoms. The van der Waals surface area contributed by atoms with Gasteiger partial charge in [-0.25, -0.2) is 0 Å². The Morgan fingerprint density at radius 1 is 0.921 bits per heavy atom. The summed E-state index contributed by atoms with van der Waals surface area (Å²) in [6, 6.07) is 21.1. The lowest BCUT2D eigenvalue weighted by atomic mass is 9.86. The third kappa shape index (κ3) is 10.7. The predicted molar refractivity (Wildman–Crippen MR) is 155 cm³/mol. The lowest BCUT2D eigenvalue weighted by Gasteiger charge is -2.20. The number of pyridine rings is 1. The van der Waals surface area contributed by atoms with Gasteiger partial charge in [-0.15, -0.1) is 0 Å². The van der Waals surface area contributed by atoms with Crippen LogP contribution in [0.2, 0.25) is 0 Å². The van der Waals surface area contributed by atoms with Gasteiger partial charge in [-0.05, 0) is 53.3 Å². The monoisotopic (exact) mass is 514 g/mol. The van der Waals surface area contributed by atoms with Gasteiger partial charge in [-0.2, -0.15) is 5.26 Å². The van der Waals surface area contributed by atoms with Crippen molar-refractivity contribution in [2.24, 2.45) is 17.8 Å². The molecule has 0 aliphatic rings. The molecule has 2 atom stereocenters. The summed E-state index contributed by atoms with van der Waals surface area (Å²) in [5.41, 5.74) is 4.62. The number of carbonyl (C=O) groups is 2. The van der Waals surface area contributed by atoms with E-state index in [2.05, 4.69) is 38.7 Å². The number of carbonyl (C=O) groups excluding carboxylic acids is 2. The summed E-state index contributed by atoms with van der Waals surface area (Å²) in [6.45, 7) is 12.2. The molecule has 1 heterocycles. The second-order valence-electron chi connectivity index (χ2n) is 9.57. The molecule has 2 aromatic carbocycles. The van der Waals surface area contributed by atoms with Gasteiger partial charge >= 0.3 is 5.97 Å². The highest BCUT2D eigenvalue weighted by molar-refractivity contribution is 5.97. The van der Waals surface area contributed by atoms with Gasteiger partial charge in [0.2, 0.25) is 0 Å². The molecule has 3 aromatic rings. The molecule has 0 N–H and O–H groups in total. The molecular formula is C33H42N2O3. The van der Waals surface area contributed by atoms with E-state index in [0.29, 0.717) is 12.0 Å². The molecule has 0 spiro atoms. The van der Waals surface area contributed by atoms with Gasteiger partial charge < -0.3 is 4.74 Å². The number of hydrogen-bond donors (Lipinski definition) is 0. The summed E-state index contributed by atoms with van der Waals surface area (Å²) in [6.07, 6.45) is 6.33. The van der Waals surface area contributed by atoms with Crippen LogP contribution in [0.4, 0.5) is 0 Å². The average molecular weight is 515 g/mol. The molecule has 5 nitrogen and oxygen atoms in total. The zero-order valence-corrected chi connectivity index (χ0v) is 23.9. The lowest BCUT2D eigenvalue weighted by Crippen LogP contribution is -2.25. The molecule has 1 aromatic heterocycles. The number of rotatable bonds is 8. The molecule has 0 aliphatic heterocycles. The first-order valence-corrected chi connectivity index (χ1v) is 13.3. The van der Waals surface area contributed by atoms with Gasteiger partial charge in [0.25, 0.3) is 0 Å². The minimum Gasteiger partial charge on any atom is -0.469 e. The van der Waals surface area contributed by atoms with Crippen molar-refractivity contribution in [2.75, 3.05) is 7.11 Å². The molecule has 3 rings (SSSR count). The predicted octanol–water partition coefficient (Wildman–Crippen LogP) is 7.94. The largest absolute Gasteiger partial charge is 0.469 e. The number of ketones is 1. The van der Waals surface area contributed by atoms with Crippen molar-refractivity contribution >= 4 is 11.8 Å². The molecule has 0 bridgehead atoms. The summed E-state index contributed by atoms with van der Waals surface area (Å²) < 4.78 is 4.86. The summed E-state index contributed by atoms with van der Waals surface area (Å²) in [7, 11) is 1.42. The van der Waals surface area contributed by atoms with Crippen molar-refractivity contribution in [1.29, 1.82) is 5.26 Å². The third-order valence-corrected chi connectivity index (χ3v) is 6.05. The Hall–Kier alpha value is -3.78. The smallest absolute Gasteiger partial charge is 0.309 e. The van der Waals surface area contributed by atoms with E-state index in [0.717, 1.165) is 28.7 Å². The van der Waals surface area contributed by atoms with Crippen LogP contribution in [0.15, 0.2) is 73.1 Å². The first kappa shape index (κ1) is 32.2. The standard InChI is InChI=1S/C15H19NO2.C15H15NO.C3H8/c1-4-11(2)14(15(17)18-3)9-12-6-5-7-13(8-12)10-16;1-11(2)15(17)14-5-3-12(4-6-14)13-7-9-16-10-8-13;1-3-2/h5-8,11,14H,4,9H2,1-3H3;3-11H,1-2H3;3H2,1-2H3/t11?,14-;;/m1../s1. The Morgan fingerprint density at radius 3 is 2.00 bits per heavy atom. The van der Waals surface area contributed by atoms with E-state index in [-0.39, 0.29) is 29.5 Å². The fourth-order valence-electron chi connectivity index (χ4n) is 3.68. The maximum Gasteiger partial charge on any atom is 0.309 e. The highest BCUT2D eigenvalue weighted by atomic mass is 16.5. The number of hydrogen-bond acceptors (Lipinski definition) is 5. The van der Waals surface area contributed by atoms with E-state index in [1.165, 1.54) is 13.5 Å². The highest BCUT2D eigenvalue weighted by Crippen LogP contribution is 2.22. The van der Waals surface area contributed by atoms with Crippen molar-refractivity contribution in [1.82, 2.24) is 4.98 Å². The van der Waals surface area contributed by atoms with Crippen LogP contribution in [-0.2, 0) is 16.0 Å². The van der Waals surface area contributed by atoms with Crippen LogP contribution in [0, 0.1) is 29.1 Å². The zero-order chi connectivity index (χ0) is 28.5. The van der Waals surface area contributed by atoms with Crippen LogP contribution < -0.4 is 0 Å². The summed E-state index contributed by atoms with van der Waals surface area (Å²) in [5.74, 6) is 0.178. The maximum absolute atomic E-state index is 11.8. The molecule has 38 heavy (non-hydrogen) atoms. The van der Waals surface area contributed by atoms with Gasteiger partial charge in [0.15, 0.2) is 5.78 Å². The molecule has 1 unspecified atom stereocenters. The minimum absolute atomic E-state index is 0.0433. The molecule has 0 saturated carbocycles. The number of esters is 1. The van der Waals surface area contributed by atoms with Gasteiger partial charge in [0, 0.05) is 23.9 Å². The van der Waals surface area contributed by atoms with E-state index in [4.69, 9.17) is 10.00 Å². The minimum atomic E-state index is -0.174. The van der Waals surface area contributed by atoms with Crippen molar-refractivity contribution in [3.05, 3.63) is 89.7 Å².